The molecule has 0 amide bonds. The zero-order valence-corrected chi connectivity index (χ0v) is 26.2. The molecule has 0 aliphatic rings. The molecule has 0 saturated carbocycles. The van der Waals surface area contributed by atoms with E-state index in [4.69, 9.17) is 19.6 Å². The molecule has 3 aromatic heterocycles. The van der Waals surface area contributed by atoms with Crippen LogP contribution in [0.3, 0.4) is 0 Å². The van der Waals surface area contributed by atoms with Crippen LogP contribution in [0.1, 0.15) is 24.7 Å². The maximum atomic E-state index is 15.8. The fourth-order valence-electron chi connectivity index (χ4n) is 4.83. The van der Waals surface area contributed by atoms with Crippen LogP contribution in [-0.4, -0.2) is 54.6 Å². The second-order valence-corrected chi connectivity index (χ2v) is 11.3. The Labute approximate surface area is 269 Å². The summed E-state index contributed by atoms with van der Waals surface area (Å²) in [5.74, 6) is 2.37. The molecule has 6 rings (SSSR count). The molecule has 0 atom stereocenters. The van der Waals surface area contributed by atoms with E-state index in [-0.39, 0.29) is 25.6 Å². The van der Waals surface area contributed by atoms with Crippen molar-refractivity contribution in [2.24, 2.45) is 0 Å². The van der Waals surface area contributed by atoms with Crippen molar-refractivity contribution in [3.05, 3.63) is 102 Å². The normalized spacial score (nSPS) is 11.1. The first-order valence-electron chi connectivity index (χ1n) is 14.8. The van der Waals surface area contributed by atoms with Gasteiger partial charge in [-0.1, -0.05) is 48.2 Å². The highest BCUT2D eigenvalue weighted by atomic mass is 32.2. The second-order valence-electron chi connectivity index (χ2n) is 10.2. The van der Waals surface area contributed by atoms with Gasteiger partial charge in [-0.15, -0.1) is 0 Å². The smallest absolute Gasteiger partial charge is 0.183 e. The highest BCUT2D eigenvalue weighted by molar-refractivity contribution is 7.99. The first-order chi connectivity index (χ1) is 22.5. The number of hydrogen-bond acceptors (Lipinski definition) is 10. The van der Waals surface area contributed by atoms with Crippen LogP contribution in [0, 0.1) is 12.7 Å². The van der Waals surface area contributed by atoms with Crippen molar-refractivity contribution in [2.75, 3.05) is 25.1 Å². The summed E-state index contributed by atoms with van der Waals surface area (Å²) in [4.78, 5) is 19.7. The third-order valence-electron chi connectivity index (χ3n) is 6.93. The third-order valence-corrected chi connectivity index (χ3v) is 8.02. The van der Waals surface area contributed by atoms with E-state index in [9.17, 15) is 5.11 Å². The van der Waals surface area contributed by atoms with Crippen molar-refractivity contribution in [1.29, 1.82) is 0 Å². The van der Waals surface area contributed by atoms with Crippen LogP contribution in [-0.2, 0) is 6.54 Å². The van der Waals surface area contributed by atoms with Gasteiger partial charge in [0.25, 0.3) is 0 Å². The zero-order valence-electron chi connectivity index (χ0n) is 25.4. The molecule has 46 heavy (non-hydrogen) atoms. The van der Waals surface area contributed by atoms with Gasteiger partial charge in [0.1, 0.15) is 28.9 Å². The molecule has 3 aromatic carbocycles. The van der Waals surface area contributed by atoms with E-state index in [2.05, 4.69) is 20.3 Å². The minimum Gasteiger partial charge on any atom is -0.494 e. The predicted octanol–water partition coefficient (Wildman–Crippen LogP) is 6.83. The van der Waals surface area contributed by atoms with Crippen LogP contribution in [0.15, 0.2) is 95.0 Å². The van der Waals surface area contributed by atoms with E-state index in [1.165, 1.54) is 17.8 Å². The van der Waals surface area contributed by atoms with Gasteiger partial charge < -0.3 is 19.9 Å². The highest BCUT2D eigenvalue weighted by Crippen LogP contribution is 2.37. The van der Waals surface area contributed by atoms with E-state index < -0.39 is 0 Å². The number of aryl methyl sites for hydroxylation is 1. The van der Waals surface area contributed by atoms with Gasteiger partial charge in [0.2, 0.25) is 0 Å². The van der Waals surface area contributed by atoms with Crippen LogP contribution >= 0.6 is 11.8 Å². The number of nitrogens with zero attached hydrogens (tertiary/aromatic N) is 6. The maximum Gasteiger partial charge on any atom is 0.183 e. The Morgan fingerprint density at radius 2 is 1.80 bits per heavy atom. The second kappa shape index (κ2) is 14.4. The Bertz CT molecular complexity index is 1960. The minimum absolute atomic E-state index is 0.00322. The highest BCUT2D eigenvalue weighted by Gasteiger charge is 2.21. The number of ether oxygens (including phenoxy) is 2. The molecule has 12 heteroatoms. The number of halogens is 1. The number of fused-ring (bicyclic) bond motifs is 1. The molecule has 2 N–H and O–H groups in total. The first-order valence-corrected chi connectivity index (χ1v) is 15.7. The van der Waals surface area contributed by atoms with Crippen molar-refractivity contribution >= 4 is 34.3 Å². The summed E-state index contributed by atoms with van der Waals surface area (Å²) in [6.07, 6.45) is 3.68. The van der Waals surface area contributed by atoms with Crippen molar-refractivity contribution in [2.45, 2.75) is 36.6 Å². The zero-order chi connectivity index (χ0) is 31.9. The summed E-state index contributed by atoms with van der Waals surface area (Å²) in [5.41, 5.74) is 1.82. The number of hydrogen-bond donors (Lipinski definition) is 2. The van der Waals surface area contributed by atoms with Gasteiger partial charge in [-0.2, -0.15) is 5.10 Å². The first kappa shape index (κ1) is 30.9. The Morgan fingerprint density at radius 3 is 2.61 bits per heavy atom. The number of rotatable bonds is 13. The van der Waals surface area contributed by atoms with Gasteiger partial charge in [0, 0.05) is 46.0 Å². The van der Waals surface area contributed by atoms with Crippen molar-refractivity contribution in [1.82, 2.24) is 29.7 Å². The lowest BCUT2D eigenvalue weighted by Gasteiger charge is -2.14. The van der Waals surface area contributed by atoms with E-state index in [0.717, 1.165) is 20.7 Å². The Hall–Kier alpha value is -5.07. The summed E-state index contributed by atoms with van der Waals surface area (Å²) < 4.78 is 29.1. The number of nitrogens with one attached hydrogen (secondary N) is 1. The minimum atomic E-state index is -0.377. The number of para-hydroxylation sites is 1. The largest absolute Gasteiger partial charge is 0.494 e. The summed E-state index contributed by atoms with van der Waals surface area (Å²) in [6.45, 7) is 4.55. The summed E-state index contributed by atoms with van der Waals surface area (Å²) in [5, 5.41) is 18.2. The van der Waals surface area contributed by atoms with Crippen molar-refractivity contribution in [3.8, 4) is 23.0 Å². The molecular formula is C34H32FN7O3S. The Kier molecular flexibility index (Phi) is 9.65. The molecule has 0 aliphatic heterocycles. The topological polar surface area (TPSA) is 120 Å². The average molecular weight is 638 g/mol. The van der Waals surface area contributed by atoms with E-state index in [0.29, 0.717) is 59.1 Å². The Balaban J connectivity index is 1.41. The van der Waals surface area contributed by atoms with E-state index in [1.807, 2.05) is 67.6 Å². The molecule has 10 nitrogen and oxygen atoms in total. The summed E-state index contributed by atoms with van der Waals surface area (Å²) in [7, 11) is 0. The number of aromatic nitrogens is 6. The number of anilines is 2. The monoisotopic (exact) mass is 637 g/mol. The molecule has 0 aliphatic carbocycles. The lowest BCUT2D eigenvalue weighted by atomic mass is 10.1. The SMILES string of the molecule is CCOc1cc(F)c(Cn2nc(-c3ncc(OCCCO)c(Nc4ccnc(C)n4)n3)c3ccccc32)c(Sc2ccccc2)c1. The average Bonchev–Trinajstić information content (AvgIpc) is 3.42. The number of benzene rings is 3. The van der Waals surface area contributed by atoms with Crippen LogP contribution in [0.2, 0.25) is 0 Å². The lowest BCUT2D eigenvalue weighted by Crippen LogP contribution is -2.08. The van der Waals surface area contributed by atoms with Gasteiger partial charge in [-0.25, -0.2) is 24.3 Å². The standard InChI is InChI=1S/C34H32FN7O3S/c1-3-44-23-18-27(35)26(30(19-23)46-24-10-5-4-6-11-24)21-42-28-13-8-7-12-25(28)32(41-42)34-37-20-29(45-17-9-16-43)33(40-34)39-31-14-15-36-22(2)38-31/h4-8,10-15,18-20,43H,3,9,16-17,21H2,1-2H3,(H,36,37,38,39,40). The fourth-order valence-corrected chi connectivity index (χ4v) is 5.84. The molecule has 234 valence electrons. The van der Waals surface area contributed by atoms with Gasteiger partial charge in [0.15, 0.2) is 17.4 Å². The fraction of sp³-hybridized carbons (Fsp3) is 0.206. The van der Waals surface area contributed by atoms with Crippen LogP contribution < -0.4 is 14.8 Å². The molecule has 0 radical (unpaired) electrons. The summed E-state index contributed by atoms with van der Waals surface area (Å²) >= 11 is 1.48. The molecular weight excluding hydrogens is 605 g/mol. The third kappa shape index (κ3) is 7.08. The quantitative estimate of drug-likeness (QED) is 0.130. The lowest BCUT2D eigenvalue weighted by molar-refractivity contribution is 0.233. The molecule has 6 aromatic rings. The van der Waals surface area contributed by atoms with Gasteiger partial charge in [-0.05, 0) is 44.2 Å². The van der Waals surface area contributed by atoms with Crippen molar-refractivity contribution in [3.63, 3.8) is 0 Å². The van der Waals surface area contributed by atoms with Crippen LogP contribution in [0.4, 0.5) is 16.0 Å². The molecule has 0 bridgehead atoms. The number of aliphatic hydroxyl groups excluding tert-OH is 1. The van der Waals surface area contributed by atoms with Gasteiger partial charge in [0.05, 0.1) is 31.5 Å². The predicted molar refractivity (Wildman–Crippen MR) is 175 cm³/mol. The van der Waals surface area contributed by atoms with Gasteiger partial charge in [-0.3, -0.25) is 4.68 Å². The number of aliphatic hydroxyl groups is 1. The molecule has 0 spiro atoms. The Morgan fingerprint density at radius 1 is 0.978 bits per heavy atom. The molecule has 0 unspecified atom stereocenters. The van der Waals surface area contributed by atoms with Crippen LogP contribution in [0.25, 0.3) is 22.4 Å². The van der Waals surface area contributed by atoms with Crippen molar-refractivity contribution < 1.29 is 19.0 Å². The molecule has 0 saturated heterocycles. The van der Waals surface area contributed by atoms with E-state index in [1.54, 1.807) is 30.1 Å². The molecule has 0 fully saturated rings. The van der Waals surface area contributed by atoms with Gasteiger partial charge >= 0.3 is 0 Å². The maximum absolute atomic E-state index is 15.8. The van der Waals surface area contributed by atoms with E-state index >= 15 is 4.39 Å². The molecule has 3 heterocycles. The van der Waals surface area contributed by atoms with Crippen LogP contribution in [0.5, 0.6) is 11.5 Å². The summed E-state index contributed by atoms with van der Waals surface area (Å²) in [6, 6.07) is 22.6.